The molecule has 0 spiro atoms. The van der Waals surface area contributed by atoms with Gasteiger partial charge in [0, 0.05) is 17.8 Å². The summed E-state index contributed by atoms with van der Waals surface area (Å²) in [6.07, 6.45) is 6.35. The summed E-state index contributed by atoms with van der Waals surface area (Å²) in [5.74, 6) is 0.570. The van der Waals surface area contributed by atoms with E-state index in [-0.39, 0.29) is 0 Å². The van der Waals surface area contributed by atoms with Crippen molar-refractivity contribution in [2.75, 3.05) is 13.6 Å². The van der Waals surface area contributed by atoms with Crippen LogP contribution in [0.4, 0.5) is 0 Å². The highest BCUT2D eigenvalue weighted by atomic mass is 32.1. The first-order valence-electron chi connectivity index (χ1n) is 7.36. The molecule has 2 heterocycles. The predicted octanol–water partition coefficient (Wildman–Crippen LogP) is 3.33. The Balaban J connectivity index is 1.75. The average molecular weight is 299 g/mol. The van der Waals surface area contributed by atoms with E-state index in [0.29, 0.717) is 5.92 Å². The minimum Gasteiger partial charge on any atom is -0.319 e. The Morgan fingerprint density at radius 3 is 2.90 bits per heavy atom. The molecule has 1 atom stereocenters. The summed E-state index contributed by atoms with van der Waals surface area (Å²) in [6.45, 7) is 3.21. The molecule has 3 aromatic rings. The van der Waals surface area contributed by atoms with Crippen molar-refractivity contribution < 1.29 is 0 Å². The number of nitrogens with one attached hydrogen (secondary N) is 1. The summed E-state index contributed by atoms with van der Waals surface area (Å²) in [4.78, 5) is 5.80. The first-order chi connectivity index (χ1) is 10.3. The number of hydrogen-bond acceptors (Lipinski definition) is 3. The molecule has 0 aliphatic carbocycles. The van der Waals surface area contributed by atoms with E-state index in [2.05, 4.69) is 58.7 Å². The first kappa shape index (κ1) is 14.3. The second-order valence-electron chi connectivity index (χ2n) is 5.58. The molecule has 2 aromatic heterocycles. The van der Waals surface area contributed by atoms with Gasteiger partial charge in [0.2, 0.25) is 0 Å². The Morgan fingerprint density at radius 1 is 1.29 bits per heavy atom. The molecule has 3 rings (SSSR count). The van der Waals surface area contributed by atoms with Gasteiger partial charge >= 0.3 is 0 Å². The van der Waals surface area contributed by atoms with Crippen LogP contribution in [0.1, 0.15) is 16.8 Å². The van der Waals surface area contributed by atoms with Gasteiger partial charge in [-0.1, -0.05) is 24.3 Å². The van der Waals surface area contributed by atoms with E-state index >= 15 is 0 Å². The summed E-state index contributed by atoms with van der Waals surface area (Å²) in [7, 11) is 2.02. The third-order valence-electron chi connectivity index (χ3n) is 3.90. The summed E-state index contributed by atoms with van der Waals surface area (Å²) in [6, 6.07) is 8.67. The van der Waals surface area contributed by atoms with Gasteiger partial charge in [-0.2, -0.15) is 0 Å². The number of fused-ring (bicyclic) bond motifs is 1. The highest BCUT2D eigenvalue weighted by Crippen LogP contribution is 2.18. The van der Waals surface area contributed by atoms with Gasteiger partial charge in [-0.25, -0.2) is 4.98 Å². The van der Waals surface area contributed by atoms with Crippen molar-refractivity contribution in [3.63, 3.8) is 0 Å². The molecule has 0 aliphatic heterocycles. The Kier molecular flexibility index (Phi) is 4.36. The maximum absolute atomic E-state index is 4.71. The van der Waals surface area contributed by atoms with Gasteiger partial charge in [-0.3, -0.25) is 4.40 Å². The summed E-state index contributed by atoms with van der Waals surface area (Å²) in [5.41, 5.74) is 4.01. The molecule has 0 fully saturated rings. The number of nitrogens with zero attached hydrogens (tertiary/aromatic N) is 2. The quantitative estimate of drug-likeness (QED) is 0.756. The zero-order chi connectivity index (χ0) is 14.7. The highest BCUT2D eigenvalue weighted by molar-refractivity contribution is 7.15. The van der Waals surface area contributed by atoms with Crippen molar-refractivity contribution in [2.45, 2.75) is 19.8 Å². The Labute approximate surface area is 129 Å². The summed E-state index contributed by atoms with van der Waals surface area (Å²) < 4.78 is 2.12. The Morgan fingerprint density at radius 2 is 2.14 bits per heavy atom. The zero-order valence-electron chi connectivity index (χ0n) is 12.5. The fourth-order valence-electron chi connectivity index (χ4n) is 2.83. The van der Waals surface area contributed by atoms with E-state index in [1.807, 2.05) is 7.05 Å². The molecule has 110 valence electrons. The lowest BCUT2D eigenvalue weighted by Crippen LogP contribution is -2.23. The Bertz CT molecular complexity index is 685. The van der Waals surface area contributed by atoms with Gasteiger partial charge in [-0.05, 0) is 50.4 Å². The molecule has 0 aliphatic rings. The van der Waals surface area contributed by atoms with Crippen LogP contribution in [-0.4, -0.2) is 23.0 Å². The lowest BCUT2D eigenvalue weighted by atomic mass is 9.92. The molecule has 0 saturated carbocycles. The molecule has 0 saturated heterocycles. The van der Waals surface area contributed by atoms with Gasteiger partial charge < -0.3 is 5.32 Å². The van der Waals surface area contributed by atoms with E-state index in [0.717, 1.165) is 24.3 Å². The number of benzene rings is 1. The average Bonchev–Trinajstić information content (AvgIpc) is 3.02. The maximum Gasteiger partial charge on any atom is 0.193 e. The van der Waals surface area contributed by atoms with Crippen LogP contribution in [0, 0.1) is 12.8 Å². The zero-order valence-corrected chi connectivity index (χ0v) is 13.4. The second-order valence-corrected chi connectivity index (χ2v) is 6.46. The van der Waals surface area contributed by atoms with Crippen molar-refractivity contribution in [1.82, 2.24) is 14.7 Å². The minimum atomic E-state index is 0.570. The van der Waals surface area contributed by atoms with Gasteiger partial charge in [0.1, 0.15) is 0 Å². The largest absolute Gasteiger partial charge is 0.319 e. The molecular weight excluding hydrogens is 278 g/mol. The fourth-order valence-corrected chi connectivity index (χ4v) is 3.54. The van der Waals surface area contributed by atoms with E-state index in [4.69, 9.17) is 4.98 Å². The molecule has 1 aromatic carbocycles. The van der Waals surface area contributed by atoms with E-state index < -0.39 is 0 Å². The van der Waals surface area contributed by atoms with Crippen molar-refractivity contribution >= 4 is 16.3 Å². The number of hydrogen-bond donors (Lipinski definition) is 1. The normalized spacial score (nSPS) is 12.9. The molecule has 3 nitrogen and oxygen atoms in total. The third-order valence-corrected chi connectivity index (χ3v) is 4.67. The van der Waals surface area contributed by atoms with Gasteiger partial charge in [0.15, 0.2) is 4.96 Å². The molecule has 1 N–H and O–H groups in total. The lowest BCUT2D eigenvalue weighted by Gasteiger charge is -2.16. The third kappa shape index (κ3) is 3.34. The van der Waals surface area contributed by atoms with Gasteiger partial charge in [-0.15, -0.1) is 11.3 Å². The molecular formula is C17H21N3S. The lowest BCUT2D eigenvalue weighted by molar-refractivity contribution is 0.488. The van der Waals surface area contributed by atoms with Crippen LogP contribution >= 0.6 is 11.3 Å². The van der Waals surface area contributed by atoms with Crippen LogP contribution in [0.5, 0.6) is 0 Å². The fraction of sp³-hybridized carbons (Fsp3) is 0.353. The predicted molar refractivity (Wildman–Crippen MR) is 89.1 cm³/mol. The smallest absolute Gasteiger partial charge is 0.193 e. The number of rotatable bonds is 6. The van der Waals surface area contributed by atoms with Crippen LogP contribution in [0.2, 0.25) is 0 Å². The molecule has 0 amide bonds. The van der Waals surface area contributed by atoms with E-state index in [1.165, 1.54) is 16.8 Å². The van der Waals surface area contributed by atoms with Gasteiger partial charge in [0.25, 0.3) is 0 Å². The van der Waals surface area contributed by atoms with E-state index in [9.17, 15) is 0 Å². The molecule has 0 radical (unpaired) electrons. The van der Waals surface area contributed by atoms with Crippen molar-refractivity contribution in [3.05, 3.63) is 58.9 Å². The van der Waals surface area contributed by atoms with Crippen LogP contribution in [0.3, 0.4) is 0 Å². The monoisotopic (exact) mass is 299 g/mol. The van der Waals surface area contributed by atoms with Gasteiger partial charge in [0.05, 0.1) is 5.69 Å². The minimum absolute atomic E-state index is 0.570. The SMILES string of the molecule is CNCC(Cc1cn2ccsc2n1)Cc1ccccc1C. The van der Waals surface area contributed by atoms with E-state index in [1.54, 1.807) is 11.3 Å². The highest BCUT2D eigenvalue weighted by Gasteiger charge is 2.14. The van der Waals surface area contributed by atoms with Crippen LogP contribution in [0.25, 0.3) is 4.96 Å². The van der Waals surface area contributed by atoms with Crippen molar-refractivity contribution in [3.8, 4) is 0 Å². The number of imidazole rings is 1. The topological polar surface area (TPSA) is 29.3 Å². The van der Waals surface area contributed by atoms with Crippen LogP contribution in [-0.2, 0) is 12.8 Å². The number of aryl methyl sites for hydroxylation is 1. The van der Waals surface area contributed by atoms with Crippen molar-refractivity contribution in [1.29, 1.82) is 0 Å². The number of thiazole rings is 1. The van der Waals surface area contributed by atoms with Crippen LogP contribution < -0.4 is 5.32 Å². The van der Waals surface area contributed by atoms with Crippen molar-refractivity contribution in [2.24, 2.45) is 5.92 Å². The second kappa shape index (κ2) is 6.41. The Hall–Kier alpha value is -1.65. The van der Waals surface area contributed by atoms with Crippen LogP contribution in [0.15, 0.2) is 42.0 Å². The molecule has 0 bridgehead atoms. The standard InChI is InChI=1S/C17H21N3S/c1-13-5-3-4-6-15(13)9-14(11-18-2)10-16-12-20-7-8-21-17(20)19-16/h3-8,12,14,18H,9-11H2,1-2H3. The molecule has 1 unspecified atom stereocenters. The molecule has 4 heteroatoms. The molecule has 21 heavy (non-hydrogen) atoms. The number of aromatic nitrogens is 2. The summed E-state index contributed by atoms with van der Waals surface area (Å²) >= 11 is 1.69. The summed E-state index contributed by atoms with van der Waals surface area (Å²) in [5, 5.41) is 5.40. The maximum atomic E-state index is 4.71. The first-order valence-corrected chi connectivity index (χ1v) is 8.24.